The van der Waals surface area contributed by atoms with Crippen LogP contribution in [0.25, 0.3) is 0 Å². The number of rotatable bonds is 7. The van der Waals surface area contributed by atoms with Crippen LogP contribution >= 0.6 is 0 Å². The Bertz CT molecular complexity index is 407. The Labute approximate surface area is 113 Å². The van der Waals surface area contributed by atoms with Crippen LogP contribution in [-0.4, -0.2) is 40.1 Å². The highest BCUT2D eigenvalue weighted by Gasteiger charge is 2.22. The smallest absolute Gasteiger partial charge is 0.254 e. The minimum absolute atomic E-state index is 0.0463. The van der Waals surface area contributed by atoms with E-state index in [9.17, 15) is 4.79 Å². The van der Waals surface area contributed by atoms with Gasteiger partial charge in [-0.1, -0.05) is 13.8 Å². The molecule has 0 bridgehead atoms. The van der Waals surface area contributed by atoms with Crippen LogP contribution in [0.1, 0.15) is 37.0 Å². The van der Waals surface area contributed by atoms with Crippen LogP contribution in [0, 0.1) is 0 Å². The van der Waals surface area contributed by atoms with Crippen molar-refractivity contribution in [2.24, 2.45) is 5.84 Å². The monoisotopic (exact) mass is 266 g/mol. The molecule has 1 aromatic rings. The molecule has 1 heterocycles. The standard InChI is InChI=1S/C13H22N4O2/c1-3-11(4-2)17(7-8-18)13(19)10-5-6-15-12(9-10)16-14/h5-6,9,11,18H,3-4,7-8,14H2,1-2H3,(H,15,16). The Morgan fingerprint density at radius 3 is 2.74 bits per heavy atom. The molecule has 19 heavy (non-hydrogen) atoms. The number of hydrogen-bond acceptors (Lipinski definition) is 5. The average Bonchev–Trinajstić information content (AvgIpc) is 2.47. The quantitative estimate of drug-likeness (QED) is 0.505. The number of carbonyl (C=O) groups is 1. The van der Waals surface area contributed by atoms with Gasteiger partial charge in [0.2, 0.25) is 0 Å². The fourth-order valence-corrected chi connectivity index (χ4v) is 2.10. The highest BCUT2D eigenvalue weighted by molar-refractivity contribution is 5.95. The average molecular weight is 266 g/mol. The number of aliphatic hydroxyl groups is 1. The van der Waals surface area contributed by atoms with Gasteiger partial charge in [0.1, 0.15) is 5.82 Å². The molecule has 0 saturated heterocycles. The molecule has 4 N–H and O–H groups in total. The van der Waals surface area contributed by atoms with Gasteiger partial charge in [0.15, 0.2) is 0 Å². The van der Waals surface area contributed by atoms with E-state index in [4.69, 9.17) is 10.9 Å². The van der Waals surface area contributed by atoms with E-state index in [0.717, 1.165) is 12.8 Å². The zero-order chi connectivity index (χ0) is 14.3. The van der Waals surface area contributed by atoms with E-state index >= 15 is 0 Å². The van der Waals surface area contributed by atoms with Gasteiger partial charge in [-0.15, -0.1) is 0 Å². The molecule has 0 fully saturated rings. The summed E-state index contributed by atoms with van der Waals surface area (Å²) in [4.78, 5) is 18.2. The van der Waals surface area contributed by atoms with Crippen LogP contribution in [-0.2, 0) is 0 Å². The van der Waals surface area contributed by atoms with Crippen molar-refractivity contribution in [2.45, 2.75) is 32.7 Å². The maximum absolute atomic E-state index is 12.5. The number of aliphatic hydroxyl groups excluding tert-OH is 1. The molecule has 0 radical (unpaired) electrons. The summed E-state index contributed by atoms with van der Waals surface area (Å²) in [5.74, 6) is 5.62. The summed E-state index contributed by atoms with van der Waals surface area (Å²) in [6.45, 7) is 4.35. The SMILES string of the molecule is CCC(CC)N(CCO)C(=O)c1ccnc(NN)c1. The molecule has 1 aromatic heterocycles. The number of aromatic nitrogens is 1. The van der Waals surface area contributed by atoms with Crippen LogP contribution in [0.3, 0.4) is 0 Å². The summed E-state index contributed by atoms with van der Waals surface area (Å²) >= 11 is 0. The van der Waals surface area contributed by atoms with E-state index in [1.807, 2.05) is 13.8 Å². The number of nitrogen functional groups attached to an aromatic ring is 1. The van der Waals surface area contributed by atoms with Gasteiger partial charge in [0.25, 0.3) is 5.91 Å². The summed E-state index contributed by atoms with van der Waals surface area (Å²) in [5, 5.41) is 9.13. The number of hydrogen-bond donors (Lipinski definition) is 3. The summed E-state index contributed by atoms with van der Waals surface area (Å²) in [7, 11) is 0. The predicted molar refractivity (Wildman–Crippen MR) is 74.5 cm³/mol. The number of nitrogens with one attached hydrogen (secondary N) is 1. The van der Waals surface area contributed by atoms with E-state index in [1.54, 1.807) is 17.0 Å². The third-order valence-corrected chi connectivity index (χ3v) is 3.14. The molecule has 0 atom stereocenters. The van der Waals surface area contributed by atoms with Gasteiger partial charge in [0, 0.05) is 24.3 Å². The minimum Gasteiger partial charge on any atom is -0.395 e. The largest absolute Gasteiger partial charge is 0.395 e. The Balaban J connectivity index is 2.97. The number of pyridine rings is 1. The Hall–Kier alpha value is -1.66. The molecule has 0 aliphatic heterocycles. The molecule has 1 rings (SSSR count). The van der Waals surface area contributed by atoms with E-state index < -0.39 is 0 Å². The zero-order valence-corrected chi connectivity index (χ0v) is 11.5. The highest BCUT2D eigenvalue weighted by Crippen LogP contribution is 2.14. The summed E-state index contributed by atoms with van der Waals surface area (Å²) in [5.41, 5.74) is 2.94. The molecule has 6 heteroatoms. The number of amides is 1. The molecule has 6 nitrogen and oxygen atoms in total. The van der Waals surface area contributed by atoms with Crippen LogP contribution in [0.2, 0.25) is 0 Å². The number of nitrogens with two attached hydrogens (primary N) is 1. The summed E-state index contributed by atoms with van der Waals surface area (Å²) < 4.78 is 0. The molecule has 106 valence electrons. The van der Waals surface area contributed by atoms with Crippen molar-refractivity contribution in [1.82, 2.24) is 9.88 Å². The number of nitrogens with zero attached hydrogens (tertiary/aromatic N) is 2. The van der Waals surface area contributed by atoms with Gasteiger partial charge in [0.05, 0.1) is 6.61 Å². The number of hydrazine groups is 1. The van der Waals surface area contributed by atoms with Crippen molar-refractivity contribution in [1.29, 1.82) is 0 Å². The normalized spacial score (nSPS) is 10.6. The van der Waals surface area contributed by atoms with Crippen molar-refractivity contribution in [3.05, 3.63) is 23.9 Å². The van der Waals surface area contributed by atoms with Gasteiger partial charge in [-0.05, 0) is 25.0 Å². The molecular formula is C13H22N4O2. The Morgan fingerprint density at radius 1 is 1.53 bits per heavy atom. The Kier molecular flexibility index (Phi) is 6.24. The molecule has 0 aliphatic carbocycles. The van der Waals surface area contributed by atoms with Gasteiger partial charge in [-0.2, -0.15) is 0 Å². The molecule has 0 spiro atoms. The third-order valence-electron chi connectivity index (χ3n) is 3.14. The first-order chi connectivity index (χ1) is 9.17. The van der Waals surface area contributed by atoms with E-state index in [-0.39, 0.29) is 18.6 Å². The lowest BCUT2D eigenvalue weighted by Crippen LogP contribution is -2.41. The second kappa shape index (κ2) is 7.70. The van der Waals surface area contributed by atoms with Crippen molar-refractivity contribution >= 4 is 11.7 Å². The van der Waals surface area contributed by atoms with E-state index in [1.165, 1.54) is 6.20 Å². The summed E-state index contributed by atoms with van der Waals surface area (Å²) in [6.07, 6.45) is 3.25. The van der Waals surface area contributed by atoms with Crippen molar-refractivity contribution in [3.8, 4) is 0 Å². The minimum atomic E-state index is -0.110. The Morgan fingerprint density at radius 2 is 2.21 bits per heavy atom. The maximum atomic E-state index is 12.5. The molecule has 1 amide bonds. The fourth-order valence-electron chi connectivity index (χ4n) is 2.10. The topological polar surface area (TPSA) is 91.5 Å². The number of anilines is 1. The van der Waals surface area contributed by atoms with Gasteiger partial charge >= 0.3 is 0 Å². The molecule has 0 unspecified atom stereocenters. The molecular weight excluding hydrogens is 244 g/mol. The lowest BCUT2D eigenvalue weighted by Gasteiger charge is -2.30. The fraction of sp³-hybridized carbons (Fsp3) is 0.538. The molecule has 0 aliphatic rings. The second-order valence-corrected chi connectivity index (χ2v) is 4.27. The van der Waals surface area contributed by atoms with Crippen LogP contribution < -0.4 is 11.3 Å². The lowest BCUT2D eigenvalue weighted by molar-refractivity contribution is 0.0622. The first kappa shape index (κ1) is 15.4. The van der Waals surface area contributed by atoms with Crippen molar-refractivity contribution < 1.29 is 9.90 Å². The second-order valence-electron chi connectivity index (χ2n) is 4.27. The zero-order valence-electron chi connectivity index (χ0n) is 11.5. The van der Waals surface area contributed by atoms with Gasteiger partial charge in [-0.3, -0.25) is 4.79 Å². The lowest BCUT2D eigenvalue weighted by atomic mass is 10.1. The van der Waals surface area contributed by atoms with Crippen molar-refractivity contribution in [3.63, 3.8) is 0 Å². The van der Waals surface area contributed by atoms with Gasteiger partial charge in [-0.25, -0.2) is 10.8 Å². The molecule has 0 aromatic carbocycles. The predicted octanol–water partition coefficient (Wildman–Crippen LogP) is 0.990. The number of carbonyl (C=O) groups excluding carboxylic acids is 1. The summed E-state index contributed by atoms with van der Waals surface area (Å²) in [6, 6.07) is 3.38. The van der Waals surface area contributed by atoms with E-state index in [2.05, 4.69) is 10.4 Å². The van der Waals surface area contributed by atoms with E-state index in [0.29, 0.717) is 17.9 Å². The first-order valence-electron chi connectivity index (χ1n) is 6.52. The van der Waals surface area contributed by atoms with Crippen LogP contribution in [0.4, 0.5) is 5.82 Å². The van der Waals surface area contributed by atoms with Gasteiger partial charge < -0.3 is 15.4 Å². The molecule has 0 saturated carbocycles. The third kappa shape index (κ3) is 3.90. The first-order valence-corrected chi connectivity index (χ1v) is 6.52. The van der Waals surface area contributed by atoms with Crippen LogP contribution in [0.15, 0.2) is 18.3 Å². The highest BCUT2D eigenvalue weighted by atomic mass is 16.3. The maximum Gasteiger partial charge on any atom is 0.254 e. The van der Waals surface area contributed by atoms with Crippen LogP contribution in [0.5, 0.6) is 0 Å². The van der Waals surface area contributed by atoms with Crippen molar-refractivity contribution in [2.75, 3.05) is 18.6 Å².